The van der Waals surface area contributed by atoms with Crippen molar-refractivity contribution < 1.29 is 23.0 Å². The van der Waals surface area contributed by atoms with E-state index in [0.29, 0.717) is 43.1 Å². The maximum absolute atomic E-state index is 16.5. The number of nitrogens with two attached hydrogens (primary N) is 1. The van der Waals surface area contributed by atoms with E-state index < -0.39 is 11.6 Å². The van der Waals surface area contributed by atoms with Crippen LogP contribution in [-0.2, 0) is 22.7 Å². The maximum Gasteiger partial charge on any atom is 0.318 e. The van der Waals surface area contributed by atoms with Crippen LogP contribution in [0.15, 0.2) is 6.20 Å². The van der Waals surface area contributed by atoms with Gasteiger partial charge >= 0.3 is 6.01 Å². The number of benzene rings is 1. The summed E-state index contributed by atoms with van der Waals surface area (Å²) in [6, 6.07) is 2.02. The number of thiophene rings is 1. The molecule has 1 aromatic carbocycles. The number of hydrogen-bond acceptors (Lipinski definition) is 10. The molecule has 0 amide bonds. The van der Waals surface area contributed by atoms with Gasteiger partial charge in [-0.25, -0.2) is 8.78 Å². The molecule has 6 rings (SSSR count). The highest BCUT2D eigenvalue weighted by Gasteiger charge is 2.32. The number of pyridine rings is 1. The lowest BCUT2D eigenvalue weighted by Gasteiger charge is -2.29. The molecule has 35 heavy (non-hydrogen) atoms. The maximum atomic E-state index is 16.5. The fourth-order valence-electron chi connectivity index (χ4n) is 4.72. The Hall–Kier alpha value is -3.66. The minimum Gasteiger partial charge on any atom is -0.467 e. The summed E-state index contributed by atoms with van der Waals surface area (Å²) in [6.45, 7) is 2.52. The number of aromatic nitrogens is 3. The largest absolute Gasteiger partial charge is 0.467 e. The Bertz CT molecular complexity index is 1560. The molecule has 1 saturated heterocycles. The smallest absolute Gasteiger partial charge is 0.318 e. The normalized spacial score (nSPS) is 15.5. The van der Waals surface area contributed by atoms with Crippen LogP contribution in [0.2, 0.25) is 0 Å². The molecule has 12 heteroatoms. The van der Waals surface area contributed by atoms with E-state index in [1.54, 1.807) is 0 Å². The quantitative estimate of drug-likeness (QED) is 0.454. The third-order valence-corrected chi connectivity index (χ3v) is 7.32. The van der Waals surface area contributed by atoms with Crippen LogP contribution in [0.4, 0.5) is 19.6 Å². The Morgan fingerprint density at radius 2 is 1.91 bits per heavy atom. The summed E-state index contributed by atoms with van der Waals surface area (Å²) >= 11 is 0.931. The molecule has 1 fully saturated rings. The fourth-order valence-corrected chi connectivity index (χ4v) is 5.64. The summed E-state index contributed by atoms with van der Waals surface area (Å²) in [6.07, 6.45) is 1.01. The molecule has 0 bridgehead atoms. The van der Waals surface area contributed by atoms with E-state index in [1.807, 2.05) is 11.0 Å². The number of methoxy groups -OCH3 is 1. The molecule has 5 heterocycles. The van der Waals surface area contributed by atoms with Crippen molar-refractivity contribution >= 4 is 43.1 Å². The van der Waals surface area contributed by atoms with Gasteiger partial charge in [-0.2, -0.15) is 15.2 Å². The Morgan fingerprint density at radius 3 is 2.66 bits per heavy atom. The lowest BCUT2D eigenvalue weighted by Crippen LogP contribution is -2.37. The minimum atomic E-state index is -0.673. The van der Waals surface area contributed by atoms with Crippen molar-refractivity contribution in [2.75, 3.05) is 44.0 Å². The molecule has 9 nitrogen and oxygen atoms in total. The highest BCUT2D eigenvalue weighted by Crippen LogP contribution is 2.46. The van der Waals surface area contributed by atoms with Gasteiger partial charge in [0.2, 0.25) is 0 Å². The first-order chi connectivity index (χ1) is 17.0. The van der Waals surface area contributed by atoms with E-state index in [0.717, 1.165) is 23.1 Å². The summed E-state index contributed by atoms with van der Waals surface area (Å²) in [5.41, 5.74) is 7.61. The molecule has 3 aromatic heterocycles. The number of hydrogen-bond donors (Lipinski definition) is 1. The number of nitrogen functional groups attached to an aromatic ring is 1. The summed E-state index contributed by atoms with van der Waals surface area (Å²) in [7, 11) is 1.41. The Balaban J connectivity index is 1.73. The molecule has 0 unspecified atom stereocenters. The predicted molar refractivity (Wildman–Crippen MR) is 125 cm³/mol. The van der Waals surface area contributed by atoms with Gasteiger partial charge in [0.05, 0.1) is 61.1 Å². The Morgan fingerprint density at radius 1 is 1.14 bits per heavy atom. The van der Waals surface area contributed by atoms with Gasteiger partial charge in [-0.1, -0.05) is 0 Å². The summed E-state index contributed by atoms with van der Waals surface area (Å²) in [5, 5.41) is 10.6. The third kappa shape index (κ3) is 3.19. The van der Waals surface area contributed by atoms with Crippen molar-refractivity contribution in [1.82, 2.24) is 15.0 Å². The lowest BCUT2D eigenvalue weighted by atomic mass is 9.93. The monoisotopic (exact) mass is 496 g/mol. The van der Waals surface area contributed by atoms with E-state index in [9.17, 15) is 9.65 Å². The first-order valence-corrected chi connectivity index (χ1v) is 11.6. The number of morpholine rings is 1. The van der Waals surface area contributed by atoms with E-state index in [-0.39, 0.29) is 56.6 Å². The first kappa shape index (κ1) is 21.8. The topological polar surface area (TPSA) is 119 Å². The van der Waals surface area contributed by atoms with Gasteiger partial charge in [-0.15, -0.1) is 11.3 Å². The Labute approximate surface area is 201 Å². The number of halogens is 2. The molecule has 0 aliphatic carbocycles. The van der Waals surface area contributed by atoms with Crippen molar-refractivity contribution in [3.63, 3.8) is 0 Å². The van der Waals surface area contributed by atoms with Crippen LogP contribution in [0.3, 0.4) is 0 Å². The second kappa shape index (κ2) is 8.23. The van der Waals surface area contributed by atoms with Crippen LogP contribution in [0.25, 0.3) is 32.2 Å². The van der Waals surface area contributed by atoms with Gasteiger partial charge in [0, 0.05) is 24.0 Å². The number of nitrogens with zero attached hydrogens (tertiary/aromatic N) is 5. The molecule has 4 aromatic rings. The summed E-state index contributed by atoms with van der Waals surface area (Å²) in [4.78, 5) is 15.1. The zero-order chi connectivity index (χ0) is 24.3. The highest BCUT2D eigenvalue weighted by molar-refractivity contribution is 7.23. The van der Waals surface area contributed by atoms with Crippen LogP contribution in [-0.4, -0.2) is 48.4 Å². The first-order valence-electron chi connectivity index (χ1n) is 10.8. The SMILES string of the molecule is COc1nc(N2CCOCC2)c2c3c(c(-c4ncc(F)c5sc(N)c(C#N)c45)c(F)c2n1)COC3. The van der Waals surface area contributed by atoms with Gasteiger partial charge in [-0.3, -0.25) is 4.98 Å². The molecule has 178 valence electrons. The molecule has 2 N–H and O–H groups in total. The minimum absolute atomic E-state index is 0.0115. The zero-order valence-corrected chi connectivity index (χ0v) is 19.3. The van der Waals surface area contributed by atoms with Crippen molar-refractivity contribution in [2.45, 2.75) is 13.2 Å². The van der Waals surface area contributed by atoms with Crippen LogP contribution in [0.1, 0.15) is 16.7 Å². The molecular formula is C23H18F2N6O3S. The van der Waals surface area contributed by atoms with Gasteiger partial charge in [-0.05, 0) is 11.1 Å². The number of anilines is 2. The van der Waals surface area contributed by atoms with Gasteiger partial charge in [0.15, 0.2) is 11.6 Å². The average Bonchev–Trinajstić information content (AvgIpc) is 3.50. The standard InChI is InChI=1S/C23H18F2N6O3S/c1-32-23-29-19-16(22(30-23)31-2-4-33-5-3-31)12-9-34-8-11(12)14(17(19)25)18-15-10(6-26)21(27)35-20(15)13(24)7-28-18/h7H,2-5,8-9,27H2,1H3. The van der Waals surface area contributed by atoms with Gasteiger partial charge in [0.25, 0.3) is 0 Å². The highest BCUT2D eigenvalue weighted by atomic mass is 32.1. The number of fused-ring (bicyclic) bond motifs is 4. The second-order valence-corrected chi connectivity index (χ2v) is 9.16. The van der Waals surface area contributed by atoms with Gasteiger partial charge < -0.3 is 24.8 Å². The number of ether oxygens (including phenoxy) is 3. The van der Waals surface area contributed by atoms with Crippen LogP contribution in [0, 0.1) is 23.0 Å². The van der Waals surface area contributed by atoms with Crippen molar-refractivity contribution in [3.8, 4) is 23.3 Å². The van der Waals surface area contributed by atoms with Crippen LogP contribution in [0.5, 0.6) is 6.01 Å². The second-order valence-electron chi connectivity index (χ2n) is 8.11. The van der Waals surface area contributed by atoms with Crippen molar-refractivity contribution in [3.05, 3.63) is 34.5 Å². The van der Waals surface area contributed by atoms with Crippen LogP contribution < -0.4 is 15.4 Å². The molecule has 0 saturated carbocycles. The summed E-state index contributed by atoms with van der Waals surface area (Å²) < 4.78 is 47.7. The van der Waals surface area contributed by atoms with Crippen molar-refractivity contribution in [1.29, 1.82) is 5.26 Å². The molecule has 2 aliphatic heterocycles. The number of nitriles is 1. The molecular weight excluding hydrogens is 478 g/mol. The number of rotatable bonds is 3. The van der Waals surface area contributed by atoms with Crippen molar-refractivity contribution in [2.24, 2.45) is 0 Å². The Kier molecular flexibility index (Phi) is 5.14. The summed E-state index contributed by atoms with van der Waals surface area (Å²) in [5.74, 6) is -0.764. The molecule has 2 aliphatic rings. The zero-order valence-electron chi connectivity index (χ0n) is 18.5. The molecule has 0 atom stereocenters. The average molecular weight is 496 g/mol. The fraction of sp³-hybridized carbons (Fsp3) is 0.304. The lowest BCUT2D eigenvalue weighted by molar-refractivity contribution is 0.122. The predicted octanol–water partition coefficient (Wildman–Crippen LogP) is 3.51. The van der Waals surface area contributed by atoms with E-state index in [1.165, 1.54) is 7.11 Å². The third-order valence-electron chi connectivity index (χ3n) is 6.30. The molecule has 0 spiro atoms. The van der Waals surface area contributed by atoms with Crippen LogP contribution >= 0.6 is 11.3 Å². The molecule has 0 radical (unpaired) electrons. The van der Waals surface area contributed by atoms with E-state index in [4.69, 9.17) is 19.9 Å². The van der Waals surface area contributed by atoms with E-state index >= 15 is 4.39 Å². The van der Waals surface area contributed by atoms with E-state index in [2.05, 4.69) is 15.0 Å². The van der Waals surface area contributed by atoms with Gasteiger partial charge in [0.1, 0.15) is 22.4 Å².